The number of hydrogen-bond donors (Lipinski definition) is 1. The number of ketones is 1. The van der Waals surface area contributed by atoms with E-state index in [0.717, 1.165) is 11.1 Å². The highest BCUT2D eigenvalue weighted by Crippen LogP contribution is 2.33. The summed E-state index contributed by atoms with van der Waals surface area (Å²) in [4.78, 5) is 39.3. The number of amides is 1. The van der Waals surface area contributed by atoms with E-state index in [0.29, 0.717) is 11.5 Å². The molecule has 4 rings (SSSR count). The van der Waals surface area contributed by atoms with E-state index in [1.54, 1.807) is 25.4 Å². The molecular formula is C22H21N5O3. The molecule has 1 unspecified atom stereocenters. The highest BCUT2D eigenvalue weighted by atomic mass is 16.3. The van der Waals surface area contributed by atoms with E-state index in [-0.39, 0.29) is 36.2 Å². The maximum atomic E-state index is 12.7. The minimum atomic E-state index is -0.767. The molecule has 1 atom stereocenters. The minimum absolute atomic E-state index is 0.0987. The fraction of sp³-hybridized carbons (Fsp3) is 0.227. The Kier molecular flexibility index (Phi) is 4.91. The van der Waals surface area contributed by atoms with Crippen molar-refractivity contribution in [2.24, 2.45) is 10.7 Å². The van der Waals surface area contributed by atoms with Gasteiger partial charge < -0.3 is 10.2 Å². The molecule has 3 aromatic rings. The number of nitrogens with zero attached hydrogens (tertiary/aromatic N) is 4. The van der Waals surface area contributed by atoms with Crippen molar-refractivity contribution in [2.45, 2.75) is 25.3 Å². The Morgan fingerprint density at radius 1 is 1.23 bits per heavy atom. The third kappa shape index (κ3) is 3.71. The first-order valence-corrected chi connectivity index (χ1v) is 9.46. The van der Waals surface area contributed by atoms with Gasteiger partial charge in [-0.1, -0.05) is 24.3 Å². The van der Waals surface area contributed by atoms with E-state index < -0.39 is 5.54 Å². The van der Waals surface area contributed by atoms with Crippen LogP contribution in [0.5, 0.6) is 0 Å². The van der Waals surface area contributed by atoms with Crippen LogP contribution in [0.2, 0.25) is 0 Å². The van der Waals surface area contributed by atoms with Gasteiger partial charge in [0.1, 0.15) is 11.4 Å². The van der Waals surface area contributed by atoms with Crippen LogP contribution in [0.3, 0.4) is 0 Å². The Hall–Kier alpha value is -3.81. The molecule has 2 N–H and O–H groups in total. The molecule has 0 radical (unpaired) electrons. The summed E-state index contributed by atoms with van der Waals surface area (Å²) in [6.07, 6.45) is 4.89. The summed E-state index contributed by atoms with van der Waals surface area (Å²) in [5, 5.41) is 0. The normalized spacial score (nSPS) is 18.9. The van der Waals surface area contributed by atoms with Crippen molar-refractivity contribution in [3.8, 4) is 11.5 Å². The topological polar surface area (TPSA) is 115 Å². The molecule has 3 heterocycles. The molecule has 8 nitrogen and oxygen atoms in total. The molecule has 0 saturated carbocycles. The van der Waals surface area contributed by atoms with Gasteiger partial charge in [-0.3, -0.25) is 14.5 Å². The van der Waals surface area contributed by atoms with Gasteiger partial charge in [0.15, 0.2) is 17.5 Å². The van der Waals surface area contributed by atoms with Crippen molar-refractivity contribution in [1.29, 1.82) is 0 Å². The zero-order valence-electron chi connectivity index (χ0n) is 16.7. The van der Waals surface area contributed by atoms with Gasteiger partial charge in [0.2, 0.25) is 5.91 Å². The number of furan rings is 1. The van der Waals surface area contributed by atoms with Gasteiger partial charge in [0, 0.05) is 13.5 Å². The second-order valence-corrected chi connectivity index (χ2v) is 7.44. The van der Waals surface area contributed by atoms with Gasteiger partial charge in [0.25, 0.3) is 0 Å². The average Bonchev–Trinajstić information content (AvgIpc) is 3.27. The first-order chi connectivity index (χ1) is 14.4. The van der Waals surface area contributed by atoms with Gasteiger partial charge in [0.05, 0.1) is 30.6 Å². The summed E-state index contributed by atoms with van der Waals surface area (Å²) >= 11 is 0. The number of aliphatic imine (C=N–C) groups is 1. The zero-order valence-corrected chi connectivity index (χ0v) is 16.7. The minimum Gasteiger partial charge on any atom is -0.463 e. The van der Waals surface area contributed by atoms with E-state index in [4.69, 9.17) is 10.2 Å². The van der Waals surface area contributed by atoms with Crippen molar-refractivity contribution >= 4 is 17.6 Å². The quantitative estimate of drug-likeness (QED) is 0.655. The second kappa shape index (κ2) is 7.55. The summed E-state index contributed by atoms with van der Waals surface area (Å²) < 4.78 is 5.28. The number of carbonyl (C=O) groups is 2. The molecule has 0 spiro atoms. The molecule has 2 aromatic heterocycles. The van der Waals surface area contributed by atoms with Gasteiger partial charge in [-0.05, 0) is 30.2 Å². The molecule has 1 aliphatic heterocycles. The summed E-state index contributed by atoms with van der Waals surface area (Å²) in [6.45, 7) is 1.87. The Balaban J connectivity index is 1.53. The van der Waals surface area contributed by atoms with Crippen molar-refractivity contribution in [3.63, 3.8) is 0 Å². The SMILES string of the molecule is CN1C(=O)CC(C)(c2cccc(CC(=O)c3cnc(-c4ccco4)cn3)c2)N=C1N. The van der Waals surface area contributed by atoms with Crippen LogP contribution in [0.4, 0.5) is 0 Å². The number of carbonyl (C=O) groups excluding carboxylic acids is 2. The third-order valence-corrected chi connectivity index (χ3v) is 5.20. The number of benzene rings is 1. The van der Waals surface area contributed by atoms with E-state index in [1.807, 2.05) is 31.2 Å². The number of nitrogens with two attached hydrogens (primary N) is 1. The average molecular weight is 403 g/mol. The summed E-state index contributed by atoms with van der Waals surface area (Å²) in [7, 11) is 1.61. The number of guanidine groups is 1. The van der Waals surface area contributed by atoms with Crippen LogP contribution in [0.25, 0.3) is 11.5 Å². The van der Waals surface area contributed by atoms with E-state index in [2.05, 4.69) is 15.0 Å². The molecule has 0 fully saturated rings. The maximum Gasteiger partial charge on any atom is 0.231 e. The smallest absolute Gasteiger partial charge is 0.231 e. The van der Waals surface area contributed by atoms with Crippen molar-refractivity contribution < 1.29 is 14.0 Å². The first kappa shape index (κ1) is 19.5. The van der Waals surface area contributed by atoms with E-state index in [1.165, 1.54) is 17.3 Å². The molecular weight excluding hydrogens is 382 g/mol. The van der Waals surface area contributed by atoms with Crippen molar-refractivity contribution in [2.75, 3.05) is 7.05 Å². The van der Waals surface area contributed by atoms with Crippen LogP contribution < -0.4 is 5.73 Å². The molecule has 1 aromatic carbocycles. The molecule has 0 saturated heterocycles. The van der Waals surface area contributed by atoms with Gasteiger partial charge in [-0.25, -0.2) is 15.0 Å². The molecule has 8 heteroatoms. The summed E-state index contributed by atoms with van der Waals surface area (Å²) in [5.41, 5.74) is 7.61. The van der Waals surface area contributed by atoms with Crippen molar-refractivity contribution in [3.05, 3.63) is 71.9 Å². The monoisotopic (exact) mass is 403 g/mol. The predicted octanol–water partition coefficient (Wildman–Crippen LogP) is 2.55. The fourth-order valence-corrected chi connectivity index (χ4v) is 3.39. The van der Waals surface area contributed by atoms with Crippen LogP contribution in [0, 0.1) is 0 Å². The second-order valence-electron chi connectivity index (χ2n) is 7.44. The lowest BCUT2D eigenvalue weighted by molar-refractivity contribution is -0.128. The van der Waals surface area contributed by atoms with Gasteiger partial charge in [-0.15, -0.1) is 0 Å². The standard InChI is InChI=1S/C22H21N5O3/c1-22(11-20(29)27(2)21(23)26-22)15-6-3-5-14(9-15)10-18(28)16-12-25-17(13-24-16)19-7-4-8-30-19/h3-9,12-13H,10-11H2,1-2H3,(H2,23,26). The number of rotatable bonds is 5. The largest absolute Gasteiger partial charge is 0.463 e. The van der Waals surface area contributed by atoms with Crippen LogP contribution in [0.1, 0.15) is 35.0 Å². The van der Waals surface area contributed by atoms with E-state index >= 15 is 0 Å². The van der Waals surface area contributed by atoms with E-state index in [9.17, 15) is 9.59 Å². The summed E-state index contributed by atoms with van der Waals surface area (Å²) in [5.74, 6) is 0.522. The highest BCUT2D eigenvalue weighted by Gasteiger charge is 2.36. The van der Waals surface area contributed by atoms with Gasteiger partial charge in [-0.2, -0.15) is 0 Å². The first-order valence-electron chi connectivity index (χ1n) is 9.46. The van der Waals surface area contributed by atoms with Crippen LogP contribution in [-0.2, 0) is 16.8 Å². The Morgan fingerprint density at radius 3 is 2.73 bits per heavy atom. The fourth-order valence-electron chi connectivity index (χ4n) is 3.39. The number of hydrogen-bond acceptors (Lipinski definition) is 7. The molecule has 152 valence electrons. The van der Waals surface area contributed by atoms with Crippen molar-refractivity contribution in [1.82, 2.24) is 14.9 Å². The third-order valence-electron chi connectivity index (χ3n) is 5.20. The van der Waals surface area contributed by atoms with Crippen LogP contribution in [-0.4, -0.2) is 39.6 Å². The Morgan fingerprint density at radius 2 is 2.07 bits per heavy atom. The lowest BCUT2D eigenvalue weighted by Gasteiger charge is -2.33. The molecule has 0 aliphatic carbocycles. The lowest BCUT2D eigenvalue weighted by atomic mass is 9.86. The number of Topliss-reactive ketones (excluding diaryl/α,β-unsaturated/α-hetero) is 1. The predicted molar refractivity (Wildman–Crippen MR) is 111 cm³/mol. The molecule has 0 bridgehead atoms. The lowest BCUT2D eigenvalue weighted by Crippen LogP contribution is -2.47. The van der Waals surface area contributed by atoms with Crippen LogP contribution in [0.15, 0.2) is 64.5 Å². The highest BCUT2D eigenvalue weighted by molar-refractivity contribution is 5.99. The molecule has 1 amide bonds. The molecule has 30 heavy (non-hydrogen) atoms. The Labute approximate surface area is 173 Å². The molecule has 1 aliphatic rings. The number of aromatic nitrogens is 2. The van der Waals surface area contributed by atoms with Crippen LogP contribution >= 0.6 is 0 Å². The summed E-state index contributed by atoms with van der Waals surface area (Å²) in [6, 6.07) is 11.0. The maximum absolute atomic E-state index is 12.7. The zero-order chi connectivity index (χ0) is 21.3. The Bertz CT molecular complexity index is 1120. The van der Waals surface area contributed by atoms with Gasteiger partial charge >= 0.3 is 0 Å².